The minimum atomic E-state index is -4.15. The average molecular weight is 587 g/mol. The predicted molar refractivity (Wildman–Crippen MR) is 164 cm³/mol. The molecule has 4 aromatic carbocycles. The second kappa shape index (κ2) is 11.8. The standard InChI is InChI=1S/C32H34N4O5S/c1-21-13-14-23-9-5-6-10-26(23)27(21)19-35-29-11-7-8-12-30(29)36(20-28(32(35)38)34-31(37)22(2)33-3)42(39,40)25-17-15-24(41-4)16-18-25/h5-18,22,28,33H,19-20H2,1-4H3,(H,34,37)/t22-,28-/m0/s1. The summed E-state index contributed by atoms with van der Waals surface area (Å²) in [7, 11) is -0.999. The Kier molecular flexibility index (Phi) is 8.20. The molecule has 0 bridgehead atoms. The van der Waals surface area contributed by atoms with Crippen molar-refractivity contribution < 1.29 is 22.7 Å². The van der Waals surface area contributed by atoms with E-state index >= 15 is 0 Å². The molecule has 0 saturated heterocycles. The van der Waals surface area contributed by atoms with E-state index in [4.69, 9.17) is 4.74 Å². The Hall–Kier alpha value is -4.41. The number of aryl methyl sites for hydroxylation is 1. The van der Waals surface area contributed by atoms with Gasteiger partial charge in [0.15, 0.2) is 0 Å². The van der Waals surface area contributed by atoms with Crippen molar-refractivity contribution in [1.82, 2.24) is 10.6 Å². The lowest BCUT2D eigenvalue weighted by atomic mass is 9.99. The van der Waals surface area contributed by atoms with Gasteiger partial charge in [-0.2, -0.15) is 0 Å². The van der Waals surface area contributed by atoms with Crippen molar-refractivity contribution in [2.45, 2.75) is 37.4 Å². The highest BCUT2D eigenvalue weighted by molar-refractivity contribution is 7.92. The van der Waals surface area contributed by atoms with E-state index in [9.17, 15) is 18.0 Å². The number of para-hydroxylation sites is 2. The number of nitrogens with one attached hydrogen (secondary N) is 2. The van der Waals surface area contributed by atoms with Gasteiger partial charge in [0.25, 0.3) is 15.9 Å². The zero-order valence-electron chi connectivity index (χ0n) is 24.0. The summed E-state index contributed by atoms with van der Waals surface area (Å²) in [5, 5.41) is 7.72. The molecule has 2 N–H and O–H groups in total. The van der Waals surface area contributed by atoms with Crippen molar-refractivity contribution in [2.75, 3.05) is 29.9 Å². The van der Waals surface area contributed by atoms with Gasteiger partial charge in [0.2, 0.25) is 5.91 Å². The molecule has 2 atom stereocenters. The first-order chi connectivity index (χ1) is 20.1. The van der Waals surface area contributed by atoms with Crippen LogP contribution >= 0.6 is 0 Å². The maximum Gasteiger partial charge on any atom is 0.264 e. The largest absolute Gasteiger partial charge is 0.497 e. The molecule has 0 radical (unpaired) electrons. The number of hydrogen-bond acceptors (Lipinski definition) is 6. The van der Waals surface area contributed by atoms with E-state index in [1.807, 2.05) is 43.3 Å². The number of ether oxygens (including phenoxy) is 1. The van der Waals surface area contributed by atoms with Crippen molar-refractivity contribution >= 4 is 44.0 Å². The molecule has 9 nitrogen and oxygen atoms in total. The lowest BCUT2D eigenvalue weighted by Crippen LogP contribution is -2.55. The van der Waals surface area contributed by atoms with E-state index in [1.165, 1.54) is 23.5 Å². The molecule has 1 aliphatic heterocycles. The van der Waals surface area contributed by atoms with Crippen LogP contribution in [0, 0.1) is 6.92 Å². The van der Waals surface area contributed by atoms with Gasteiger partial charge in [-0.25, -0.2) is 8.42 Å². The molecule has 1 heterocycles. The predicted octanol–water partition coefficient (Wildman–Crippen LogP) is 3.99. The third-order valence-corrected chi connectivity index (χ3v) is 9.53. The van der Waals surface area contributed by atoms with Gasteiger partial charge >= 0.3 is 0 Å². The van der Waals surface area contributed by atoms with Crippen LogP contribution in [-0.4, -0.2) is 53.0 Å². The van der Waals surface area contributed by atoms with E-state index in [2.05, 4.69) is 10.6 Å². The van der Waals surface area contributed by atoms with Crippen LogP contribution in [0.15, 0.2) is 89.8 Å². The third kappa shape index (κ3) is 5.43. The number of likely N-dealkylation sites (N-methyl/N-ethyl adjacent to an activating group) is 1. The van der Waals surface area contributed by atoms with Gasteiger partial charge in [0, 0.05) is 0 Å². The number of sulfonamides is 1. The highest BCUT2D eigenvalue weighted by Crippen LogP contribution is 2.38. The number of rotatable bonds is 8. The number of carbonyl (C=O) groups is 2. The summed E-state index contributed by atoms with van der Waals surface area (Å²) < 4.78 is 34.7. The van der Waals surface area contributed by atoms with Crippen molar-refractivity contribution in [1.29, 1.82) is 0 Å². The quantitative estimate of drug-likeness (QED) is 0.323. The Morgan fingerprint density at radius 1 is 0.976 bits per heavy atom. The average Bonchev–Trinajstić information content (AvgIpc) is 3.12. The zero-order chi connectivity index (χ0) is 30.0. The summed E-state index contributed by atoms with van der Waals surface area (Å²) in [5.74, 6) is -0.299. The second-order valence-corrected chi connectivity index (χ2v) is 12.1. The van der Waals surface area contributed by atoms with Crippen molar-refractivity contribution in [2.24, 2.45) is 0 Å². The monoisotopic (exact) mass is 586 g/mol. The smallest absolute Gasteiger partial charge is 0.264 e. The normalized spacial score (nSPS) is 16.1. The van der Waals surface area contributed by atoms with Crippen LogP contribution in [0.25, 0.3) is 10.8 Å². The number of anilines is 2. The molecule has 0 saturated carbocycles. The van der Waals surface area contributed by atoms with E-state index in [1.54, 1.807) is 55.3 Å². The van der Waals surface area contributed by atoms with Gasteiger partial charge in [-0.15, -0.1) is 0 Å². The highest BCUT2D eigenvalue weighted by Gasteiger charge is 2.40. The number of amides is 2. The van der Waals surface area contributed by atoms with Gasteiger partial charge in [0.05, 0.1) is 42.5 Å². The highest BCUT2D eigenvalue weighted by atomic mass is 32.2. The fourth-order valence-corrected chi connectivity index (χ4v) is 6.66. The van der Waals surface area contributed by atoms with Crippen LogP contribution in [0.2, 0.25) is 0 Å². The van der Waals surface area contributed by atoms with E-state index < -0.39 is 33.9 Å². The summed E-state index contributed by atoms with van der Waals surface area (Å²) in [5.41, 5.74) is 2.72. The number of benzene rings is 4. The van der Waals surface area contributed by atoms with Crippen LogP contribution in [-0.2, 0) is 26.2 Å². The lowest BCUT2D eigenvalue weighted by molar-refractivity contribution is -0.128. The van der Waals surface area contributed by atoms with Crippen LogP contribution in [0.3, 0.4) is 0 Å². The van der Waals surface area contributed by atoms with E-state index in [0.717, 1.165) is 21.9 Å². The Balaban J connectivity index is 1.66. The molecule has 1 aliphatic rings. The molecule has 0 spiro atoms. The van der Waals surface area contributed by atoms with Crippen molar-refractivity contribution in [3.05, 3.63) is 96.1 Å². The summed E-state index contributed by atoms with van der Waals surface area (Å²) in [6.07, 6.45) is 0. The Morgan fingerprint density at radius 2 is 1.64 bits per heavy atom. The molecule has 2 amide bonds. The molecule has 218 valence electrons. The first-order valence-corrected chi connectivity index (χ1v) is 15.1. The molecule has 0 unspecified atom stereocenters. The van der Waals surface area contributed by atoms with Crippen molar-refractivity contribution in [3.63, 3.8) is 0 Å². The number of fused-ring (bicyclic) bond motifs is 2. The summed E-state index contributed by atoms with van der Waals surface area (Å²) in [6, 6.07) is 23.3. The van der Waals surface area contributed by atoms with E-state index in [0.29, 0.717) is 17.1 Å². The van der Waals surface area contributed by atoms with Gasteiger partial charge in [-0.1, -0.05) is 48.5 Å². The minimum Gasteiger partial charge on any atom is -0.497 e. The number of nitrogens with zero attached hydrogens (tertiary/aromatic N) is 2. The lowest BCUT2D eigenvalue weighted by Gasteiger charge is -2.27. The summed E-state index contributed by atoms with van der Waals surface area (Å²) >= 11 is 0. The fourth-order valence-electron chi connectivity index (χ4n) is 5.17. The Morgan fingerprint density at radius 3 is 2.33 bits per heavy atom. The third-order valence-electron chi connectivity index (χ3n) is 7.73. The molecule has 0 aliphatic carbocycles. The SMILES string of the molecule is CN[C@@H](C)C(=O)N[C@H]1CN(S(=O)(=O)c2ccc(OC)cc2)c2ccccc2N(Cc2c(C)ccc3ccccc23)C1=O. The fraction of sp³-hybridized carbons (Fsp3) is 0.250. The molecule has 10 heteroatoms. The van der Waals surface area contributed by atoms with Gasteiger partial charge in [0.1, 0.15) is 11.8 Å². The zero-order valence-corrected chi connectivity index (χ0v) is 24.8. The molecular formula is C32H34N4O5S. The van der Waals surface area contributed by atoms with Gasteiger partial charge in [-0.05, 0) is 79.2 Å². The molecule has 4 aromatic rings. The molecular weight excluding hydrogens is 552 g/mol. The topological polar surface area (TPSA) is 108 Å². The number of methoxy groups -OCH3 is 1. The van der Waals surface area contributed by atoms with Crippen LogP contribution in [0.5, 0.6) is 5.75 Å². The summed E-state index contributed by atoms with van der Waals surface area (Å²) in [4.78, 5) is 29.0. The Labute approximate surface area is 246 Å². The molecule has 5 rings (SSSR count). The van der Waals surface area contributed by atoms with Crippen molar-refractivity contribution in [3.8, 4) is 5.75 Å². The molecule has 0 aromatic heterocycles. The van der Waals surface area contributed by atoms with Gasteiger partial charge < -0.3 is 20.3 Å². The second-order valence-electron chi connectivity index (χ2n) is 10.3. The van der Waals surface area contributed by atoms with Crippen LogP contribution in [0.1, 0.15) is 18.1 Å². The maximum atomic E-state index is 14.4. The Bertz CT molecular complexity index is 1740. The maximum absolute atomic E-state index is 14.4. The van der Waals surface area contributed by atoms with Gasteiger partial charge in [-0.3, -0.25) is 13.9 Å². The summed E-state index contributed by atoms with van der Waals surface area (Å²) in [6.45, 7) is 3.57. The number of hydrogen-bond donors (Lipinski definition) is 2. The minimum absolute atomic E-state index is 0.0394. The first kappa shape index (κ1) is 29.1. The molecule has 42 heavy (non-hydrogen) atoms. The number of carbonyl (C=O) groups excluding carboxylic acids is 2. The molecule has 0 fully saturated rings. The van der Waals surface area contributed by atoms with E-state index in [-0.39, 0.29) is 18.0 Å². The van der Waals surface area contributed by atoms with Crippen LogP contribution < -0.4 is 24.6 Å². The van der Waals surface area contributed by atoms with Crippen LogP contribution in [0.4, 0.5) is 11.4 Å². The first-order valence-electron chi connectivity index (χ1n) is 13.7.